The number of rotatable bonds is 5. The van der Waals surface area contributed by atoms with Crippen molar-refractivity contribution in [2.75, 3.05) is 13.1 Å². The van der Waals surface area contributed by atoms with Crippen LogP contribution in [0.4, 0.5) is 0 Å². The second-order valence-corrected chi connectivity index (χ2v) is 6.54. The summed E-state index contributed by atoms with van der Waals surface area (Å²) in [6.45, 7) is 7.09. The zero-order chi connectivity index (χ0) is 15.5. The summed E-state index contributed by atoms with van der Waals surface area (Å²) in [5.41, 5.74) is -0.740. The SMILES string of the molecule is CCC1(CC)NC(=O)CCN(CC(C)c2nccs2)C1=O. The Labute approximate surface area is 129 Å². The van der Waals surface area contributed by atoms with Crippen molar-refractivity contribution in [1.29, 1.82) is 0 Å². The largest absolute Gasteiger partial charge is 0.342 e. The maximum atomic E-state index is 12.9. The Morgan fingerprint density at radius 2 is 2.14 bits per heavy atom. The second kappa shape index (κ2) is 6.56. The van der Waals surface area contributed by atoms with Crippen molar-refractivity contribution in [3.05, 3.63) is 16.6 Å². The van der Waals surface area contributed by atoms with Crippen LogP contribution in [0.5, 0.6) is 0 Å². The number of carbonyl (C=O) groups excluding carboxylic acids is 2. The highest BCUT2D eigenvalue weighted by Gasteiger charge is 2.42. The van der Waals surface area contributed by atoms with Crippen molar-refractivity contribution in [1.82, 2.24) is 15.2 Å². The lowest BCUT2D eigenvalue weighted by atomic mass is 9.91. The number of aromatic nitrogens is 1. The third-order valence-corrected chi connectivity index (χ3v) is 5.27. The van der Waals surface area contributed by atoms with Gasteiger partial charge in [-0.05, 0) is 12.8 Å². The molecule has 1 fully saturated rings. The molecule has 5 nitrogen and oxygen atoms in total. The van der Waals surface area contributed by atoms with Crippen molar-refractivity contribution in [2.24, 2.45) is 0 Å². The minimum absolute atomic E-state index is 0.0311. The van der Waals surface area contributed by atoms with Gasteiger partial charge in [-0.1, -0.05) is 20.8 Å². The van der Waals surface area contributed by atoms with E-state index >= 15 is 0 Å². The molecule has 1 aromatic rings. The Hall–Kier alpha value is -1.43. The van der Waals surface area contributed by atoms with Crippen LogP contribution in [0.2, 0.25) is 0 Å². The van der Waals surface area contributed by atoms with E-state index in [-0.39, 0.29) is 17.7 Å². The molecule has 0 saturated carbocycles. The van der Waals surface area contributed by atoms with Crippen molar-refractivity contribution in [3.63, 3.8) is 0 Å². The Kier molecular flexibility index (Phi) is 4.98. The first-order chi connectivity index (χ1) is 10.0. The molecule has 0 spiro atoms. The second-order valence-electron chi connectivity index (χ2n) is 5.61. The van der Waals surface area contributed by atoms with Crippen molar-refractivity contribution in [2.45, 2.75) is 51.5 Å². The summed E-state index contributed by atoms with van der Waals surface area (Å²) < 4.78 is 0. The lowest BCUT2D eigenvalue weighted by Gasteiger charge is -2.34. The molecule has 0 radical (unpaired) electrons. The van der Waals surface area contributed by atoms with Crippen LogP contribution in [0.25, 0.3) is 0 Å². The van der Waals surface area contributed by atoms with Crippen LogP contribution in [0.1, 0.15) is 51.0 Å². The highest BCUT2D eigenvalue weighted by atomic mass is 32.1. The Balaban J connectivity index is 2.18. The Morgan fingerprint density at radius 1 is 1.43 bits per heavy atom. The molecule has 1 aliphatic heterocycles. The molecule has 1 saturated heterocycles. The summed E-state index contributed by atoms with van der Waals surface area (Å²) in [5.74, 6) is 0.201. The van der Waals surface area contributed by atoms with E-state index in [1.165, 1.54) is 0 Å². The fraction of sp³-hybridized carbons (Fsp3) is 0.667. The quantitative estimate of drug-likeness (QED) is 0.906. The normalized spacial score (nSPS) is 20.0. The van der Waals surface area contributed by atoms with E-state index in [4.69, 9.17) is 0 Å². The Morgan fingerprint density at radius 3 is 2.71 bits per heavy atom. The molecule has 1 unspecified atom stereocenters. The molecule has 0 aliphatic carbocycles. The first-order valence-electron chi connectivity index (χ1n) is 7.52. The number of nitrogens with one attached hydrogen (secondary N) is 1. The van der Waals surface area contributed by atoms with Gasteiger partial charge in [0.2, 0.25) is 11.8 Å². The summed E-state index contributed by atoms with van der Waals surface area (Å²) in [4.78, 5) is 30.9. The predicted molar refractivity (Wildman–Crippen MR) is 83.2 cm³/mol. The molecule has 21 heavy (non-hydrogen) atoms. The fourth-order valence-electron chi connectivity index (χ4n) is 2.81. The van der Waals surface area contributed by atoms with Crippen LogP contribution in [0, 0.1) is 0 Å². The average Bonchev–Trinajstić information content (AvgIpc) is 2.99. The van der Waals surface area contributed by atoms with Gasteiger partial charge in [-0.25, -0.2) is 4.98 Å². The smallest absolute Gasteiger partial charge is 0.248 e. The van der Waals surface area contributed by atoms with Crippen LogP contribution in [-0.2, 0) is 9.59 Å². The summed E-state index contributed by atoms with van der Waals surface area (Å²) in [6, 6.07) is 0. The zero-order valence-electron chi connectivity index (χ0n) is 12.9. The van der Waals surface area contributed by atoms with Gasteiger partial charge in [0.05, 0.1) is 5.01 Å². The van der Waals surface area contributed by atoms with E-state index in [0.717, 1.165) is 5.01 Å². The molecule has 1 N–H and O–H groups in total. The van der Waals surface area contributed by atoms with Gasteiger partial charge in [0.1, 0.15) is 5.54 Å². The minimum Gasteiger partial charge on any atom is -0.342 e. The summed E-state index contributed by atoms with van der Waals surface area (Å²) >= 11 is 1.61. The van der Waals surface area contributed by atoms with Crippen LogP contribution < -0.4 is 5.32 Å². The van der Waals surface area contributed by atoms with E-state index in [2.05, 4.69) is 17.2 Å². The monoisotopic (exact) mass is 309 g/mol. The van der Waals surface area contributed by atoms with Crippen molar-refractivity contribution >= 4 is 23.2 Å². The van der Waals surface area contributed by atoms with E-state index in [0.29, 0.717) is 32.4 Å². The molecule has 1 atom stereocenters. The molecule has 2 rings (SSSR count). The van der Waals surface area contributed by atoms with Gasteiger partial charge in [-0.15, -0.1) is 11.3 Å². The van der Waals surface area contributed by atoms with Gasteiger partial charge in [-0.2, -0.15) is 0 Å². The van der Waals surface area contributed by atoms with E-state index in [9.17, 15) is 9.59 Å². The van der Waals surface area contributed by atoms with Gasteiger partial charge in [0.25, 0.3) is 0 Å². The van der Waals surface area contributed by atoms with Gasteiger partial charge in [-0.3, -0.25) is 9.59 Å². The number of thiazole rings is 1. The number of carbonyl (C=O) groups is 2. The van der Waals surface area contributed by atoms with Gasteiger partial charge in [0, 0.05) is 37.0 Å². The molecular weight excluding hydrogens is 286 g/mol. The first-order valence-corrected chi connectivity index (χ1v) is 8.40. The molecule has 0 bridgehead atoms. The highest BCUT2D eigenvalue weighted by Crippen LogP contribution is 2.25. The van der Waals surface area contributed by atoms with Gasteiger partial charge >= 0.3 is 0 Å². The summed E-state index contributed by atoms with van der Waals surface area (Å²) in [6.07, 6.45) is 3.40. The Bertz CT molecular complexity index is 497. The van der Waals surface area contributed by atoms with Crippen LogP contribution in [0.3, 0.4) is 0 Å². The van der Waals surface area contributed by atoms with E-state index in [1.54, 1.807) is 17.5 Å². The molecule has 6 heteroatoms. The standard InChI is InChI=1S/C15H23N3O2S/c1-4-15(5-2)14(20)18(8-6-12(19)17-15)10-11(3)13-16-7-9-21-13/h7,9,11H,4-6,8,10H2,1-3H3,(H,17,19). The van der Waals surface area contributed by atoms with E-state index in [1.807, 2.05) is 24.1 Å². The lowest BCUT2D eigenvalue weighted by Crippen LogP contribution is -2.56. The highest BCUT2D eigenvalue weighted by molar-refractivity contribution is 7.09. The maximum absolute atomic E-state index is 12.9. The van der Waals surface area contributed by atoms with Gasteiger partial charge in [0.15, 0.2) is 0 Å². The van der Waals surface area contributed by atoms with Crippen molar-refractivity contribution < 1.29 is 9.59 Å². The molecular formula is C15H23N3O2S. The number of hydrogen-bond acceptors (Lipinski definition) is 4. The fourth-order valence-corrected chi connectivity index (χ4v) is 3.50. The summed E-state index contributed by atoms with van der Waals surface area (Å²) in [5, 5.41) is 5.92. The topological polar surface area (TPSA) is 62.3 Å². The van der Waals surface area contributed by atoms with Crippen LogP contribution >= 0.6 is 11.3 Å². The predicted octanol–water partition coefficient (Wildman–Crippen LogP) is 2.15. The van der Waals surface area contributed by atoms with Crippen LogP contribution in [0.15, 0.2) is 11.6 Å². The van der Waals surface area contributed by atoms with Gasteiger partial charge < -0.3 is 10.2 Å². The molecule has 116 valence electrons. The third-order valence-electron chi connectivity index (χ3n) is 4.26. The molecule has 0 aromatic carbocycles. The van der Waals surface area contributed by atoms with Crippen molar-refractivity contribution in [3.8, 4) is 0 Å². The molecule has 1 aliphatic rings. The zero-order valence-corrected chi connectivity index (χ0v) is 13.7. The maximum Gasteiger partial charge on any atom is 0.248 e. The molecule has 2 heterocycles. The van der Waals surface area contributed by atoms with E-state index < -0.39 is 5.54 Å². The number of nitrogens with zero attached hydrogens (tertiary/aromatic N) is 2. The molecule has 1 aromatic heterocycles. The van der Waals surface area contributed by atoms with Crippen LogP contribution in [-0.4, -0.2) is 40.3 Å². The third kappa shape index (κ3) is 3.26. The number of hydrogen-bond donors (Lipinski definition) is 1. The summed E-state index contributed by atoms with van der Waals surface area (Å²) in [7, 11) is 0. The lowest BCUT2D eigenvalue weighted by molar-refractivity contribution is -0.139. The molecule has 2 amide bonds. The number of amides is 2. The first kappa shape index (κ1) is 15.9. The minimum atomic E-state index is -0.740. The average molecular weight is 309 g/mol.